The summed E-state index contributed by atoms with van der Waals surface area (Å²) in [5.41, 5.74) is 0.925. The Hall–Kier alpha value is -1.29. The zero-order valence-electron chi connectivity index (χ0n) is 16.9. The minimum absolute atomic E-state index is 0.237. The van der Waals surface area contributed by atoms with Crippen molar-refractivity contribution in [3.05, 3.63) is 23.8 Å². The number of rotatable bonds is 5. The van der Waals surface area contributed by atoms with Crippen molar-refractivity contribution in [3.63, 3.8) is 0 Å². The van der Waals surface area contributed by atoms with Gasteiger partial charge in [0.05, 0.1) is 12.7 Å². The summed E-state index contributed by atoms with van der Waals surface area (Å²) in [6.45, 7) is 7.47. The van der Waals surface area contributed by atoms with E-state index in [9.17, 15) is 30.3 Å². The molecule has 0 bridgehead atoms. The second-order valence-electron chi connectivity index (χ2n) is 8.90. The fourth-order valence-electron chi connectivity index (χ4n) is 5.08. The van der Waals surface area contributed by atoms with Crippen LogP contribution in [-0.4, -0.2) is 74.9 Å². The zero-order valence-corrected chi connectivity index (χ0v) is 16.9. The Labute approximate surface area is 170 Å². The summed E-state index contributed by atoms with van der Waals surface area (Å²) in [7, 11) is 0. The molecule has 8 heteroatoms. The van der Waals surface area contributed by atoms with Gasteiger partial charge in [0.25, 0.3) is 0 Å². The standard InChI is InChI=1S/C21H32O8/c1-10(2)11-6-7-21(3)13(8-11)12(19(26)27)4-5-15(21)29-20-18(25)17(24)16(23)14(9-22)28-20/h4,11,13-18,20,22-25H,1,5-9H2,2-3H3,(H,26,27)/t11-,13-,14+,15-,16-,17-,18+,20+,21-/m0/s1. The van der Waals surface area contributed by atoms with Crippen LogP contribution in [0.15, 0.2) is 23.8 Å². The molecular weight excluding hydrogens is 380 g/mol. The third kappa shape index (κ3) is 4.02. The molecule has 1 saturated carbocycles. The Morgan fingerprint density at radius 1 is 1.31 bits per heavy atom. The molecule has 5 N–H and O–H groups in total. The van der Waals surface area contributed by atoms with Gasteiger partial charge in [-0.05, 0) is 44.4 Å². The number of carboxylic acid groups (broad SMARTS) is 1. The summed E-state index contributed by atoms with van der Waals surface area (Å²) >= 11 is 0. The molecule has 0 unspecified atom stereocenters. The van der Waals surface area contributed by atoms with Gasteiger partial charge >= 0.3 is 5.97 Å². The van der Waals surface area contributed by atoms with E-state index in [0.717, 1.165) is 18.4 Å². The van der Waals surface area contributed by atoms with Gasteiger partial charge in [-0.2, -0.15) is 0 Å². The lowest BCUT2D eigenvalue weighted by Crippen LogP contribution is -2.61. The fourth-order valence-corrected chi connectivity index (χ4v) is 5.08. The van der Waals surface area contributed by atoms with Gasteiger partial charge in [-0.3, -0.25) is 0 Å². The Bertz CT molecular complexity index is 674. The van der Waals surface area contributed by atoms with Gasteiger partial charge in [0.2, 0.25) is 0 Å². The molecule has 0 aromatic carbocycles. The van der Waals surface area contributed by atoms with E-state index in [2.05, 4.69) is 6.58 Å². The van der Waals surface area contributed by atoms with Crippen molar-refractivity contribution in [2.75, 3.05) is 6.61 Å². The number of carboxylic acids is 1. The third-order valence-electron chi connectivity index (χ3n) is 7.10. The maximum Gasteiger partial charge on any atom is 0.331 e. The molecule has 2 aliphatic carbocycles. The van der Waals surface area contributed by atoms with Crippen LogP contribution < -0.4 is 0 Å². The molecule has 8 nitrogen and oxygen atoms in total. The van der Waals surface area contributed by atoms with Crippen molar-refractivity contribution in [1.82, 2.24) is 0 Å². The van der Waals surface area contributed by atoms with Crippen LogP contribution >= 0.6 is 0 Å². The third-order valence-corrected chi connectivity index (χ3v) is 7.10. The lowest BCUT2D eigenvalue weighted by molar-refractivity contribution is -0.322. The Kier molecular flexibility index (Phi) is 6.53. The average Bonchev–Trinajstić information content (AvgIpc) is 2.67. The van der Waals surface area contributed by atoms with E-state index >= 15 is 0 Å². The number of aliphatic hydroxyl groups is 4. The Morgan fingerprint density at radius 3 is 2.59 bits per heavy atom. The summed E-state index contributed by atoms with van der Waals surface area (Å²) in [5.74, 6) is -0.934. The first-order chi connectivity index (χ1) is 13.6. The average molecular weight is 412 g/mol. The maximum absolute atomic E-state index is 11.9. The van der Waals surface area contributed by atoms with Gasteiger partial charge in [0, 0.05) is 11.0 Å². The molecule has 0 amide bonds. The van der Waals surface area contributed by atoms with Gasteiger partial charge in [-0.25, -0.2) is 4.79 Å². The summed E-state index contributed by atoms with van der Waals surface area (Å²) in [5, 5.41) is 49.4. The highest BCUT2D eigenvalue weighted by Crippen LogP contribution is 2.54. The van der Waals surface area contributed by atoms with Crippen molar-refractivity contribution in [1.29, 1.82) is 0 Å². The van der Waals surface area contributed by atoms with E-state index in [1.165, 1.54) is 0 Å². The molecule has 3 aliphatic rings. The number of aliphatic carboxylic acids is 1. The fraction of sp³-hybridized carbons (Fsp3) is 0.762. The zero-order chi connectivity index (χ0) is 21.5. The smallest absolute Gasteiger partial charge is 0.331 e. The van der Waals surface area contributed by atoms with Crippen molar-refractivity contribution >= 4 is 5.97 Å². The molecule has 29 heavy (non-hydrogen) atoms. The number of fused-ring (bicyclic) bond motifs is 1. The first-order valence-electron chi connectivity index (χ1n) is 10.1. The molecule has 0 aromatic rings. The highest BCUT2D eigenvalue weighted by Gasteiger charge is 2.53. The van der Waals surface area contributed by atoms with Crippen LogP contribution in [0.2, 0.25) is 0 Å². The lowest BCUT2D eigenvalue weighted by atomic mass is 9.56. The van der Waals surface area contributed by atoms with Gasteiger partial charge in [-0.15, -0.1) is 0 Å². The number of hydrogen-bond acceptors (Lipinski definition) is 7. The van der Waals surface area contributed by atoms with Crippen LogP contribution in [0.5, 0.6) is 0 Å². The first-order valence-corrected chi connectivity index (χ1v) is 10.1. The van der Waals surface area contributed by atoms with E-state index in [0.29, 0.717) is 18.4 Å². The summed E-state index contributed by atoms with van der Waals surface area (Å²) in [6, 6.07) is 0. The van der Waals surface area contributed by atoms with Crippen molar-refractivity contribution < 1.29 is 39.8 Å². The van der Waals surface area contributed by atoms with Crippen molar-refractivity contribution in [3.8, 4) is 0 Å². The molecule has 1 aliphatic heterocycles. The van der Waals surface area contributed by atoms with E-state index in [1.807, 2.05) is 13.8 Å². The van der Waals surface area contributed by atoms with Gasteiger partial charge in [0.1, 0.15) is 24.4 Å². The van der Waals surface area contributed by atoms with E-state index < -0.39 is 54.8 Å². The molecule has 0 radical (unpaired) electrons. The Balaban J connectivity index is 1.85. The predicted octanol–water partition coefficient (Wildman–Crippen LogP) is 0.585. The quantitative estimate of drug-likeness (QED) is 0.414. The first kappa shape index (κ1) is 22.4. The summed E-state index contributed by atoms with van der Waals surface area (Å²) in [4.78, 5) is 11.9. The lowest BCUT2D eigenvalue weighted by Gasteiger charge is -2.52. The highest BCUT2D eigenvalue weighted by atomic mass is 16.7. The molecule has 1 heterocycles. The monoisotopic (exact) mass is 412 g/mol. The van der Waals surface area contributed by atoms with E-state index in [4.69, 9.17) is 9.47 Å². The second kappa shape index (κ2) is 8.45. The van der Waals surface area contributed by atoms with Crippen LogP contribution in [-0.2, 0) is 14.3 Å². The van der Waals surface area contributed by atoms with E-state index in [1.54, 1.807) is 6.08 Å². The minimum Gasteiger partial charge on any atom is -0.478 e. The number of hydrogen-bond donors (Lipinski definition) is 5. The normalized spacial score (nSPS) is 45.2. The molecule has 3 rings (SSSR count). The van der Waals surface area contributed by atoms with Crippen LogP contribution in [0.3, 0.4) is 0 Å². The molecule has 0 spiro atoms. The molecule has 1 saturated heterocycles. The Morgan fingerprint density at radius 2 is 2.00 bits per heavy atom. The number of allylic oxidation sites excluding steroid dienone is 1. The van der Waals surface area contributed by atoms with Crippen LogP contribution in [0, 0.1) is 17.3 Å². The molecule has 0 aromatic heterocycles. The molecule has 2 fully saturated rings. The molecule has 9 atom stereocenters. The predicted molar refractivity (Wildman–Crippen MR) is 103 cm³/mol. The SMILES string of the molecule is C=C(C)[C@H]1CC[C@]2(C)[C@@H](O[C@H]3O[C@H](CO)[C@H](O)[C@H](O)[C@H]3O)CC=C(C(=O)O)[C@@H]2C1. The summed E-state index contributed by atoms with van der Waals surface area (Å²) in [6.07, 6.45) is -2.90. The van der Waals surface area contributed by atoms with Crippen molar-refractivity contribution in [2.45, 2.75) is 76.3 Å². The number of carbonyl (C=O) groups is 1. The molecule has 164 valence electrons. The summed E-state index contributed by atoms with van der Waals surface area (Å²) < 4.78 is 11.6. The number of ether oxygens (including phenoxy) is 2. The minimum atomic E-state index is -1.51. The largest absolute Gasteiger partial charge is 0.478 e. The van der Waals surface area contributed by atoms with Crippen LogP contribution in [0.4, 0.5) is 0 Å². The van der Waals surface area contributed by atoms with Crippen LogP contribution in [0.1, 0.15) is 39.5 Å². The van der Waals surface area contributed by atoms with Crippen LogP contribution in [0.25, 0.3) is 0 Å². The second-order valence-corrected chi connectivity index (χ2v) is 8.90. The number of aliphatic hydroxyl groups excluding tert-OH is 4. The van der Waals surface area contributed by atoms with Gasteiger partial charge < -0.3 is 35.0 Å². The van der Waals surface area contributed by atoms with Crippen molar-refractivity contribution in [2.24, 2.45) is 17.3 Å². The topological polar surface area (TPSA) is 137 Å². The van der Waals surface area contributed by atoms with E-state index in [-0.39, 0.29) is 11.8 Å². The maximum atomic E-state index is 11.9. The molecular formula is C21H32O8. The van der Waals surface area contributed by atoms with Gasteiger partial charge in [0.15, 0.2) is 6.29 Å². The highest BCUT2D eigenvalue weighted by molar-refractivity contribution is 5.87. The van der Waals surface area contributed by atoms with Gasteiger partial charge in [-0.1, -0.05) is 25.2 Å².